The minimum absolute atomic E-state index is 0.420. The highest BCUT2D eigenvalue weighted by Crippen LogP contribution is 2.26. The van der Waals surface area contributed by atoms with E-state index in [1.807, 2.05) is 0 Å². The van der Waals surface area contributed by atoms with Gasteiger partial charge in [-0.15, -0.1) is 11.8 Å². The minimum Gasteiger partial charge on any atom is -0.345 e. The van der Waals surface area contributed by atoms with Crippen LogP contribution in [0.3, 0.4) is 0 Å². The highest BCUT2D eigenvalue weighted by Gasteiger charge is 2.17. The van der Waals surface area contributed by atoms with Crippen molar-refractivity contribution in [3.8, 4) is 0 Å². The van der Waals surface area contributed by atoms with Gasteiger partial charge >= 0.3 is 0 Å². The fraction of sp³-hybridized carbons (Fsp3) is 0.417. The van der Waals surface area contributed by atoms with Crippen LogP contribution in [0.5, 0.6) is 0 Å². The lowest BCUT2D eigenvalue weighted by atomic mass is 10.1. The molecule has 1 atom stereocenters. The third-order valence-corrected chi connectivity index (χ3v) is 3.43. The number of hydrogen-bond acceptors (Lipinski definition) is 2. The molecule has 1 aromatic rings. The zero-order valence-corrected chi connectivity index (χ0v) is 10.00. The fourth-order valence-corrected chi connectivity index (χ4v) is 2.63. The third kappa shape index (κ3) is 2.34. The van der Waals surface area contributed by atoms with Crippen molar-refractivity contribution in [1.82, 2.24) is 4.57 Å². The molecule has 0 aliphatic carbocycles. The van der Waals surface area contributed by atoms with E-state index in [9.17, 15) is 0 Å². The van der Waals surface area contributed by atoms with Crippen LogP contribution < -0.4 is 0 Å². The van der Waals surface area contributed by atoms with Crippen molar-refractivity contribution in [3.63, 3.8) is 0 Å². The first-order valence-corrected chi connectivity index (χ1v) is 6.45. The quantitative estimate of drug-likeness (QED) is 0.708. The molecule has 1 aliphatic heterocycles. The number of rotatable bonds is 1. The summed E-state index contributed by atoms with van der Waals surface area (Å²) in [6.45, 7) is 2.08. The Balaban J connectivity index is 2.29. The number of aliphatic imine (C=N–C) groups is 1. The molecule has 0 amide bonds. The SMILES string of the molecule is CSC1=NC(C)=CCCC1n1cccc1. The molecular formula is C12H16N2S. The van der Waals surface area contributed by atoms with Gasteiger partial charge in [-0.05, 0) is 38.2 Å². The molecule has 2 heterocycles. The molecule has 0 radical (unpaired) electrons. The lowest BCUT2D eigenvalue weighted by Crippen LogP contribution is -2.14. The third-order valence-electron chi connectivity index (χ3n) is 2.65. The number of thioether (sulfide) groups is 1. The summed E-state index contributed by atoms with van der Waals surface area (Å²) in [6, 6.07) is 4.57. The molecular weight excluding hydrogens is 204 g/mol. The van der Waals surface area contributed by atoms with Gasteiger partial charge in [0.15, 0.2) is 0 Å². The average molecular weight is 220 g/mol. The van der Waals surface area contributed by atoms with E-state index in [1.54, 1.807) is 11.8 Å². The van der Waals surface area contributed by atoms with Crippen LogP contribution in [0.1, 0.15) is 25.8 Å². The van der Waals surface area contributed by atoms with Crippen molar-refractivity contribution >= 4 is 16.8 Å². The van der Waals surface area contributed by atoms with Crippen molar-refractivity contribution in [3.05, 3.63) is 36.3 Å². The molecule has 2 rings (SSSR count). The van der Waals surface area contributed by atoms with Gasteiger partial charge in [-0.25, -0.2) is 4.99 Å². The zero-order valence-electron chi connectivity index (χ0n) is 9.18. The second-order valence-corrected chi connectivity index (χ2v) is 4.55. The molecule has 0 spiro atoms. The Labute approximate surface area is 95.1 Å². The second kappa shape index (κ2) is 4.71. The van der Waals surface area contributed by atoms with Gasteiger partial charge in [-0.3, -0.25) is 0 Å². The fourth-order valence-electron chi connectivity index (χ4n) is 1.88. The molecule has 0 fully saturated rings. The van der Waals surface area contributed by atoms with Gasteiger partial charge in [-0.2, -0.15) is 0 Å². The van der Waals surface area contributed by atoms with Gasteiger partial charge in [0.2, 0.25) is 0 Å². The first kappa shape index (κ1) is 10.6. The van der Waals surface area contributed by atoms with Crippen LogP contribution in [0.15, 0.2) is 41.3 Å². The molecule has 1 aliphatic rings. The van der Waals surface area contributed by atoms with Crippen molar-refractivity contribution < 1.29 is 0 Å². The van der Waals surface area contributed by atoms with Crippen molar-refractivity contribution in [1.29, 1.82) is 0 Å². The number of allylic oxidation sites excluding steroid dienone is 2. The molecule has 3 heteroatoms. The van der Waals surface area contributed by atoms with Crippen LogP contribution in [0, 0.1) is 0 Å². The summed E-state index contributed by atoms with van der Waals surface area (Å²) in [5.41, 5.74) is 1.15. The normalized spacial score (nSPS) is 21.9. The van der Waals surface area contributed by atoms with E-state index in [-0.39, 0.29) is 0 Å². The topological polar surface area (TPSA) is 17.3 Å². The lowest BCUT2D eigenvalue weighted by Gasteiger charge is -2.17. The summed E-state index contributed by atoms with van der Waals surface area (Å²) in [5.74, 6) is 0. The van der Waals surface area contributed by atoms with Gasteiger partial charge in [0.05, 0.1) is 11.1 Å². The number of hydrogen-bond donors (Lipinski definition) is 0. The first-order chi connectivity index (χ1) is 7.31. The summed E-state index contributed by atoms with van der Waals surface area (Å²) < 4.78 is 2.25. The van der Waals surface area contributed by atoms with E-state index in [2.05, 4.69) is 53.3 Å². The van der Waals surface area contributed by atoms with E-state index in [1.165, 1.54) is 5.04 Å². The van der Waals surface area contributed by atoms with Crippen LogP contribution in [0.4, 0.5) is 0 Å². The molecule has 0 saturated carbocycles. The van der Waals surface area contributed by atoms with E-state index >= 15 is 0 Å². The van der Waals surface area contributed by atoms with E-state index in [4.69, 9.17) is 0 Å². The Morgan fingerprint density at radius 1 is 1.40 bits per heavy atom. The highest BCUT2D eigenvalue weighted by molar-refractivity contribution is 8.13. The Morgan fingerprint density at radius 3 is 2.80 bits per heavy atom. The average Bonchev–Trinajstić information content (AvgIpc) is 2.68. The van der Waals surface area contributed by atoms with Gasteiger partial charge in [0.25, 0.3) is 0 Å². The molecule has 2 nitrogen and oxygen atoms in total. The van der Waals surface area contributed by atoms with Crippen LogP contribution in [0.25, 0.3) is 0 Å². The Morgan fingerprint density at radius 2 is 2.13 bits per heavy atom. The standard InChI is InChI=1S/C12H16N2S/c1-10-6-5-7-11(12(13-10)15-2)14-8-3-4-9-14/h3-4,6,8-9,11H,5,7H2,1-2H3. The highest BCUT2D eigenvalue weighted by atomic mass is 32.2. The summed E-state index contributed by atoms with van der Waals surface area (Å²) in [6.07, 6.45) is 10.8. The smallest absolute Gasteiger partial charge is 0.0960 e. The second-order valence-electron chi connectivity index (χ2n) is 3.72. The molecule has 0 saturated heterocycles. The van der Waals surface area contributed by atoms with Crippen molar-refractivity contribution in [2.24, 2.45) is 4.99 Å². The molecule has 15 heavy (non-hydrogen) atoms. The van der Waals surface area contributed by atoms with Crippen LogP contribution in [-0.4, -0.2) is 15.9 Å². The molecule has 1 unspecified atom stereocenters. The molecule has 0 N–H and O–H groups in total. The van der Waals surface area contributed by atoms with Crippen LogP contribution in [0.2, 0.25) is 0 Å². The number of nitrogens with zero attached hydrogens (tertiary/aromatic N) is 2. The minimum atomic E-state index is 0.420. The zero-order chi connectivity index (χ0) is 10.7. The van der Waals surface area contributed by atoms with Gasteiger partial charge in [-0.1, -0.05) is 6.08 Å². The first-order valence-electron chi connectivity index (χ1n) is 5.23. The maximum absolute atomic E-state index is 4.65. The molecule has 80 valence electrons. The Kier molecular flexibility index (Phi) is 3.31. The predicted molar refractivity (Wildman–Crippen MR) is 67.4 cm³/mol. The maximum atomic E-state index is 4.65. The van der Waals surface area contributed by atoms with E-state index < -0.39 is 0 Å². The van der Waals surface area contributed by atoms with Gasteiger partial charge < -0.3 is 4.57 Å². The lowest BCUT2D eigenvalue weighted by molar-refractivity contribution is 0.605. The van der Waals surface area contributed by atoms with E-state index in [0.29, 0.717) is 6.04 Å². The van der Waals surface area contributed by atoms with Crippen molar-refractivity contribution in [2.45, 2.75) is 25.8 Å². The summed E-state index contributed by atoms with van der Waals surface area (Å²) >= 11 is 1.76. The Bertz CT molecular complexity index is 376. The predicted octanol–water partition coefficient (Wildman–Crippen LogP) is 3.49. The summed E-state index contributed by atoms with van der Waals surface area (Å²) in [4.78, 5) is 4.65. The largest absolute Gasteiger partial charge is 0.345 e. The molecule has 0 aromatic carbocycles. The molecule has 1 aromatic heterocycles. The molecule has 0 bridgehead atoms. The van der Waals surface area contributed by atoms with E-state index in [0.717, 1.165) is 18.5 Å². The van der Waals surface area contributed by atoms with Crippen LogP contribution in [-0.2, 0) is 0 Å². The van der Waals surface area contributed by atoms with Gasteiger partial charge in [0.1, 0.15) is 0 Å². The maximum Gasteiger partial charge on any atom is 0.0960 e. The monoisotopic (exact) mass is 220 g/mol. The summed E-state index contributed by atoms with van der Waals surface area (Å²) in [7, 11) is 0. The van der Waals surface area contributed by atoms with Gasteiger partial charge in [0, 0.05) is 18.1 Å². The summed E-state index contributed by atoms with van der Waals surface area (Å²) in [5, 5.41) is 1.22. The van der Waals surface area contributed by atoms with Crippen LogP contribution >= 0.6 is 11.8 Å². The van der Waals surface area contributed by atoms with Crippen molar-refractivity contribution in [2.75, 3.05) is 6.26 Å². The number of aromatic nitrogens is 1. The Hall–Kier alpha value is -0.960.